The molecule has 7 rings (SSSR count). The highest BCUT2D eigenvalue weighted by molar-refractivity contribution is 6.30. The van der Waals surface area contributed by atoms with Gasteiger partial charge in [0, 0.05) is 58.9 Å². The average Bonchev–Trinajstić information content (AvgIpc) is 3.26. The van der Waals surface area contributed by atoms with Gasteiger partial charge in [-0.3, -0.25) is 29.0 Å². The quantitative estimate of drug-likeness (QED) is 0.298. The van der Waals surface area contributed by atoms with Crippen LogP contribution in [0.3, 0.4) is 0 Å². The lowest BCUT2D eigenvalue weighted by Crippen LogP contribution is -2.47. The van der Waals surface area contributed by atoms with E-state index in [1.165, 1.54) is 22.6 Å². The molecule has 2 amide bonds. The van der Waals surface area contributed by atoms with E-state index >= 15 is 0 Å². The predicted octanol–water partition coefficient (Wildman–Crippen LogP) is 5.14. The number of amides is 2. The lowest BCUT2D eigenvalue weighted by atomic mass is 9.59. The lowest BCUT2D eigenvalue weighted by molar-refractivity contribution is -0.144. The Morgan fingerprint density at radius 1 is 0.953 bits per heavy atom. The summed E-state index contributed by atoms with van der Waals surface area (Å²) in [7, 11) is 0. The molecular weight excluding hydrogens is 564 g/mol. The number of nitrogens with zero attached hydrogens (tertiary/aromatic N) is 2. The second-order valence-electron chi connectivity index (χ2n) is 12.5. The number of phenols is 1. The first-order valence-corrected chi connectivity index (χ1v) is 15.4. The Bertz CT molecular complexity index is 1650. The fraction of sp³-hybridized carbons (Fsp3) is 0.371. The highest BCUT2D eigenvalue weighted by atomic mass is 35.5. The number of Topliss-reactive ketones (excluding diaryl/α,β-unsaturated/α-hetero) is 1. The third-order valence-electron chi connectivity index (χ3n) is 10.1. The summed E-state index contributed by atoms with van der Waals surface area (Å²) in [5.41, 5.74) is 3.56. The van der Waals surface area contributed by atoms with Crippen molar-refractivity contribution in [1.29, 1.82) is 0 Å². The Morgan fingerprint density at radius 3 is 2.44 bits per heavy atom. The zero-order chi connectivity index (χ0) is 30.0. The van der Waals surface area contributed by atoms with Crippen molar-refractivity contribution in [2.45, 2.75) is 51.1 Å². The van der Waals surface area contributed by atoms with Gasteiger partial charge in [0.2, 0.25) is 11.8 Å². The number of ketones is 2. The maximum atomic E-state index is 14.2. The number of likely N-dealkylation sites (tertiary alicyclic amines) is 2. The zero-order valence-electron chi connectivity index (χ0n) is 24.0. The number of piperidine rings is 1. The molecule has 2 fully saturated rings. The van der Waals surface area contributed by atoms with Crippen LogP contribution >= 0.6 is 11.6 Å². The van der Waals surface area contributed by atoms with Gasteiger partial charge in [0.1, 0.15) is 5.75 Å². The van der Waals surface area contributed by atoms with E-state index in [4.69, 9.17) is 11.6 Å². The molecule has 3 aliphatic carbocycles. The smallest absolute Gasteiger partial charge is 0.233 e. The molecule has 4 unspecified atom stereocenters. The van der Waals surface area contributed by atoms with Crippen molar-refractivity contribution >= 4 is 35.0 Å². The molecule has 2 aliphatic heterocycles. The molecule has 2 heterocycles. The minimum atomic E-state index is -0.716. The topological polar surface area (TPSA) is 95.0 Å². The lowest BCUT2D eigenvalue weighted by Gasteiger charge is -2.42. The average molecular weight is 597 g/mol. The van der Waals surface area contributed by atoms with Crippen molar-refractivity contribution in [3.05, 3.63) is 99.1 Å². The Labute approximate surface area is 255 Å². The highest BCUT2D eigenvalue weighted by Gasteiger charge is 2.57. The van der Waals surface area contributed by atoms with Gasteiger partial charge in [0.05, 0.1) is 11.8 Å². The number of imide groups is 1. The minimum Gasteiger partial charge on any atom is -0.508 e. The number of halogens is 1. The van der Waals surface area contributed by atoms with Gasteiger partial charge < -0.3 is 5.11 Å². The van der Waals surface area contributed by atoms with E-state index in [0.717, 1.165) is 38.0 Å². The van der Waals surface area contributed by atoms with Crippen molar-refractivity contribution < 1.29 is 24.3 Å². The molecule has 0 spiro atoms. The predicted molar refractivity (Wildman–Crippen MR) is 161 cm³/mol. The Balaban J connectivity index is 1.19. The van der Waals surface area contributed by atoms with Crippen LogP contribution in [-0.2, 0) is 25.7 Å². The minimum absolute atomic E-state index is 0.0323. The number of benzene rings is 2. The molecule has 5 aliphatic rings. The van der Waals surface area contributed by atoms with Crippen LogP contribution in [0.5, 0.6) is 5.75 Å². The summed E-state index contributed by atoms with van der Waals surface area (Å²) in [5.74, 6) is -3.07. The second kappa shape index (κ2) is 10.7. The SMILES string of the molecule is CC1=CC(=O)C2=C(C1=O)C(c1cc(Cl)ccc1O)C1=CCC3C(=O)N(C4CCN(Cc5ccccc5)CC4)C(=O)C3C1C2. The number of aromatic hydroxyl groups is 1. The monoisotopic (exact) mass is 596 g/mol. The molecule has 1 N–H and O–H groups in total. The molecule has 4 atom stereocenters. The van der Waals surface area contributed by atoms with Crippen molar-refractivity contribution in [2.24, 2.45) is 17.8 Å². The highest BCUT2D eigenvalue weighted by Crippen LogP contribution is 2.56. The van der Waals surface area contributed by atoms with E-state index in [1.807, 2.05) is 24.3 Å². The summed E-state index contributed by atoms with van der Waals surface area (Å²) < 4.78 is 0. The molecule has 2 aromatic carbocycles. The normalized spacial score (nSPS) is 28.0. The van der Waals surface area contributed by atoms with Gasteiger partial charge in [0.25, 0.3) is 0 Å². The van der Waals surface area contributed by atoms with Crippen LogP contribution in [0.15, 0.2) is 83.0 Å². The van der Waals surface area contributed by atoms with Crippen LogP contribution in [-0.4, -0.2) is 57.4 Å². The summed E-state index contributed by atoms with van der Waals surface area (Å²) in [6.07, 6.45) is 5.38. The van der Waals surface area contributed by atoms with Gasteiger partial charge in [-0.2, -0.15) is 0 Å². The first-order valence-electron chi connectivity index (χ1n) is 15.0. The molecule has 0 bridgehead atoms. The second-order valence-corrected chi connectivity index (χ2v) is 12.9. The number of hydrogen-bond donors (Lipinski definition) is 1. The van der Waals surface area contributed by atoms with Gasteiger partial charge in [-0.05, 0) is 68.4 Å². The fourth-order valence-electron chi connectivity index (χ4n) is 8.03. The molecule has 0 aromatic heterocycles. The van der Waals surface area contributed by atoms with Gasteiger partial charge in [-0.25, -0.2) is 0 Å². The summed E-state index contributed by atoms with van der Waals surface area (Å²) in [4.78, 5) is 58.8. The summed E-state index contributed by atoms with van der Waals surface area (Å²) in [5, 5.41) is 11.3. The van der Waals surface area contributed by atoms with Crippen LogP contribution < -0.4 is 0 Å². The summed E-state index contributed by atoms with van der Waals surface area (Å²) in [6, 6.07) is 14.8. The van der Waals surface area contributed by atoms with E-state index in [1.54, 1.807) is 19.1 Å². The van der Waals surface area contributed by atoms with Gasteiger partial charge >= 0.3 is 0 Å². The van der Waals surface area contributed by atoms with E-state index < -0.39 is 23.7 Å². The number of hydrogen-bond acceptors (Lipinski definition) is 6. The number of allylic oxidation sites excluding steroid dienone is 6. The Hall–Kier alpha value is -3.81. The van der Waals surface area contributed by atoms with Crippen LogP contribution in [0.1, 0.15) is 49.7 Å². The van der Waals surface area contributed by atoms with Crippen LogP contribution in [0.25, 0.3) is 0 Å². The first-order chi connectivity index (χ1) is 20.7. The standard InChI is InChI=1S/C35H33ClN2O5/c1-19-15-29(40)27-17-25-23(30(32(27)33(19)41)26-16-21(36)7-10-28(26)39)8-9-24-31(25)35(43)38(34(24)42)22-11-13-37(14-12-22)18-20-5-3-2-4-6-20/h2-8,10,15-16,22,24-25,30-31,39H,9,11-14,17-18H2,1H3. The molecule has 8 heteroatoms. The molecule has 220 valence electrons. The van der Waals surface area contributed by atoms with Crippen molar-refractivity contribution in [2.75, 3.05) is 13.1 Å². The third kappa shape index (κ3) is 4.61. The van der Waals surface area contributed by atoms with E-state index in [0.29, 0.717) is 33.7 Å². The molecule has 7 nitrogen and oxygen atoms in total. The molecule has 0 saturated carbocycles. The summed E-state index contributed by atoms with van der Waals surface area (Å²) >= 11 is 6.35. The fourth-order valence-corrected chi connectivity index (χ4v) is 8.22. The first kappa shape index (κ1) is 28.0. The van der Waals surface area contributed by atoms with E-state index in [2.05, 4.69) is 17.0 Å². The molecule has 2 aromatic rings. The van der Waals surface area contributed by atoms with Gasteiger partial charge in [-0.1, -0.05) is 53.6 Å². The number of rotatable bonds is 4. The molecular formula is C35H33ClN2O5. The number of carbonyl (C=O) groups excluding carboxylic acids is 4. The Kier molecular flexibility index (Phi) is 6.98. The molecule has 0 radical (unpaired) electrons. The zero-order valence-corrected chi connectivity index (χ0v) is 24.7. The maximum absolute atomic E-state index is 14.2. The van der Waals surface area contributed by atoms with Crippen LogP contribution in [0.2, 0.25) is 5.02 Å². The molecule has 43 heavy (non-hydrogen) atoms. The van der Waals surface area contributed by atoms with Crippen LogP contribution in [0.4, 0.5) is 0 Å². The number of carbonyl (C=O) groups is 4. The molecule has 2 saturated heterocycles. The number of phenolic OH excluding ortho intramolecular Hbond substituents is 1. The van der Waals surface area contributed by atoms with Gasteiger partial charge in [-0.15, -0.1) is 0 Å². The van der Waals surface area contributed by atoms with E-state index in [-0.39, 0.29) is 41.6 Å². The number of fused-ring (bicyclic) bond motifs is 3. The van der Waals surface area contributed by atoms with E-state index in [9.17, 15) is 24.3 Å². The van der Waals surface area contributed by atoms with Gasteiger partial charge in [0.15, 0.2) is 11.6 Å². The third-order valence-corrected chi connectivity index (χ3v) is 10.3. The maximum Gasteiger partial charge on any atom is 0.233 e. The van der Waals surface area contributed by atoms with Crippen molar-refractivity contribution in [1.82, 2.24) is 9.80 Å². The van der Waals surface area contributed by atoms with Crippen molar-refractivity contribution in [3.8, 4) is 5.75 Å². The largest absolute Gasteiger partial charge is 0.508 e. The van der Waals surface area contributed by atoms with Crippen LogP contribution in [0, 0.1) is 17.8 Å². The van der Waals surface area contributed by atoms with Crippen molar-refractivity contribution in [3.63, 3.8) is 0 Å². The Morgan fingerprint density at radius 2 is 1.70 bits per heavy atom. The summed E-state index contributed by atoms with van der Waals surface area (Å²) in [6.45, 7) is 4.06.